The van der Waals surface area contributed by atoms with Crippen molar-refractivity contribution < 1.29 is 5.11 Å². The maximum atomic E-state index is 11.6. The summed E-state index contributed by atoms with van der Waals surface area (Å²) in [7, 11) is 0. The lowest BCUT2D eigenvalue weighted by molar-refractivity contribution is 0.0565. The largest absolute Gasteiger partial charge is 0.388 e. The maximum Gasteiger partial charge on any atom is 0.0847 e. The van der Waals surface area contributed by atoms with Gasteiger partial charge in [-0.3, -0.25) is 4.98 Å². The van der Waals surface area contributed by atoms with Crippen molar-refractivity contribution in [2.45, 2.75) is 39.2 Å². The molecule has 32 heavy (non-hydrogen) atoms. The van der Waals surface area contributed by atoms with Crippen LogP contribution in [0.3, 0.4) is 0 Å². The number of aliphatic hydroxyl groups is 1. The Kier molecular flexibility index (Phi) is 4.34. The van der Waals surface area contributed by atoms with Crippen LogP contribution in [-0.2, 0) is 6.42 Å². The molecule has 1 saturated carbocycles. The number of fused-ring (bicyclic) bond motifs is 3. The van der Waals surface area contributed by atoms with Gasteiger partial charge in [-0.1, -0.05) is 54.5 Å². The van der Waals surface area contributed by atoms with Gasteiger partial charge < -0.3 is 5.11 Å². The zero-order valence-corrected chi connectivity index (χ0v) is 18.5. The molecule has 0 radical (unpaired) electrons. The van der Waals surface area contributed by atoms with E-state index in [9.17, 15) is 5.11 Å². The molecule has 2 aromatic heterocycles. The SMILES string of the molecule is Cc1ccc(-n2ncc3c2C=C2CC[C@H]([C@@H](O)c4cccc5cccnc45)[C@@]2(C)C3)cc1. The maximum absolute atomic E-state index is 11.6. The second-order valence-corrected chi connectivity index (χ2v) is 9.58. The van der Waals surface area contributed by atoms with Crippen LogP contribution in [0.1, 0.15) is 48.3 Å². The number of allylic oxidation sites excluding steroid dienone is 1. The van der Waals surface area contributed by atoms with Gasteiger partial charge in [0.1, 0.15) is 0 Å². The van der Waals surface area contributed by atoms with Crippen LogP contribution >= 0.6 is 0 Å². The van der Waals surface area contributed by atoms with Crippen molar-refractivity contribution in [3.63, 3.8) is 0 Å². The number of hydrogen-bond acceptors (Lipinski definition) is 3. The Balaban J connectivity index is 1.38. The Hall–Kier alpha value is -3.24. The minimum Gasteiger partial charge on any atom is -0.388 e. The van der Waals surface area contributed by atoms with E-state index in [0.29, 0.717) is 0 Å². The molecule has 0 unspecified atom stereocenters. The Labute approximate surface area is 188 Å². The van der Waals surface area contributed by atoms with Crippen LogP contribution in [-0.4, -0.2) is 19.9 Å². The fourth-order valence-electron chi connectivity index (χ4n) is 5.86. The molecule has 2 aliphatic carbocycles. The van der Waals surface area contributed by atoms with Crippen molar-refractivity contribution in [1.82, 2.24) is 14.8 Å². The van der Waals surface area contributed by atoms with Crippen LogP contribution in [0.4, 0.5) is 0 Å². The van der Waals surface area contributed by atoms with Crippen LogP contribution in [0.5, 0.6) is 0 Å². The van der Waals surface area contributed by atoms with Crippen LogP contribution < -0.4 is 0 Å². The van der Waals surface area contributed by atoms with E-state index in [2.05, 4.69) is 66.0 Å². The number of aryl methyl sites for hydroxylation is 1. The summed E-state index contributed by atoms with van der Waals surface area (Å²) < 4.78 is 2.06. The topological polar surface area (TPSA) is 50.9 Å². The van der Waals surface area contributed by atoms with Gasteiger partial charge in [-0.15, -0.1) is 0 Å². The van der Waals surface area contributed by atoms with E-state index in [1.807, 2.05) is 30.6 Å². The molecule has 0 spiro atoms. The molecule has 0 bridgehead atoms. The van der Waals surface area contributed by atoms with E-state index in [4.69, 9.17) is 5.10 Å². The van der Waals surface area contributed by atoms with E-state index in [1.165, 1.54) is 22.4 Å². The third kappa shape index (κ3) is 2.86. The zero-order valence-electron chi connectivity index (χ0n) is 18.5. The van der Waals surface area contributed by atoms with Crippen LogP contribution in [0.2, 0.25) is 0 Å². The van der Waals surface area contributed by atoms with Gasteiger partial charge in [0.05, 0.1) is 29.2 Å². The minimum atomic E-state index is -0.543. The highest BCUT2D eigenvalue weighted by atomic mass is 16.3. The van der Waals surface area contributed by atoms with E-state index in [1.54, 1.807) is 0 Å². The molecule has 2 aromatic carbocycles. The van der Waals surface area contributed by atoms with Gasteiger partial charge >= 0.3 is 0 Å². The van der Waals surface area contributed by atoms with E-state index < -0.39 is 6.10 Å². The molecule has 160 valence electrons. The molecule has 6 rings (SSSR count). The van der Waals surface area contributed by atoms with Crippen LogP contribution in [0.25, 0.3) is 22.7 Å². The number of aliphatic hydroxyl groups excluding tert-OH is 1. The predicted molar refractivity (Wildman–Crippen MR) is 128 cm³/mol. The average molecular weight is 422 g/mol. The summed E-state index contributed by atoms with van der Waals surface area (Å²) in [6, 6.07) is 18.7. The Bertz CT molecular complexity index is 1350. The van der Waals surface area contributed by atoms with Crippen molar-refractivity contribution in [3.05, 3.63) is 94.9 Å². The van der Waals surface area contributed by atoms with Gasteiger partial charge in [-0.25, -0.2) is 4.68 Å². The lowest BCUT2D eigenvalue weighted by Gasteiger charge is -2.38. The molecule has 3 atom stereocenters. The quantitative estimate of drug-likeness (QED) is 0.454. The van der Waals surface area contributed by atoms with E-state index in [-0.39, 0.29) is 11.3 Å². The second-order valence-electron chi connectivity index (χ2n) is 9.58. The van der Waals surface area contributed by atoms with Crippen molar-refractivity contribution in [1.29, 1.82) is 0 Å². The summed E-state index contributed by atoms with van der Waals surface area (Å²) in [6.07, 6.45) is 8.50. The highest BCUT2D eigenvalue weighted by Crippen LogP contribution is 2.57. The summed E-state index contributed by atoms with van der Waals surface area (Å²) in [5.74, 6) is 0.150. The Morgan fingerprint density at radius 1 is 1.09 bits per heavy atom. The number of aromatic nitrogens is 3. The molecule has 1 fully saturated rings. The van der Waals surface area contributed by atoms with Gasteiger partial charge in [-0.2, -0.15) is 5.10 Å². The van der Waals surface area contributed by atoms with Crippen LogP contribution in [0, 0.1) is 18.3 Å². The zero-order chi connectivity index (χ0) is 21.9. The third-order valence-corrected chi connectivity index (χ3v) is 7.67. The number of para-hydroxylation sites is 1. The fraction of sp³-hybridized carbons (Fsp3) is 0.286. The second kappa shape index (κ2) is 7.14. The first-order chi connectivity index (χ1) is 15.5. The molecule has 1 N–H and O–H groups in total. The molecular weight excluding hydrogens is 394 g/mol. The molecule has 0 saturated heterocycles. The molecule has 4 nitrogen and oxygen atoms in total. The molecule has 2 heterocycles. The van der Waals surface area contributed by atoms with Gasteiger partial charge in [0.15, 0.2) is 0 Å². The number of benzene rings is 2. The van der Waals surface area contributed by atoms with Crippen molar-refractivity contribution >= 4 is 17.0 Å². The fourth-order valence-corrected chi connectivity index (χ4v) is 5.86. The summed E-state index contributed by atoms with van der Waals surface area (Å²) >= 11 is 0. The molecule has 0 aliphatic heterocycles. The smallest absolute Gasteiger partial charge is 0.0847 e. The summed E-state index contributed by atoms with van der Waals surface area (Å²) in [4.78, 5) is 4.59. The highest BCUT2D eigenvalue weighted by molar-refractivity contribution is 5.82. The minimum absolute atomic E-state index is 0.0789. The monoisotopic (exact) mass is 421 g/mol. The van der Waals surface area contributed by atoms with Crippen molar-refractivity contribution in [3.8, 4) is 5.69 Å². The first-order valence-corrected chi connectivity index (χ1v) is 11.4. The Morgan fingerprint density at radius 2 is 1.91 bits per heavy atom. The third-order valence-electron chi connectivity index (χ3n) is 7.67. The lowest BCUT2D eigenvalue weighted by Crippen LogP contribution is -2.32. The summed E-state index contributed by atoms with van der Waals surface area (Å²) in [6.45, 7) is 4.43. The van der Waals surface area contributed by atoms with Gasteiger partial charge in [0.25, 0.3) is 0 Å². The van der Waals surface area contributed by atoms with Gasteiger partial charge in [-0.05, 0) is 67.4 Å². The molecule has 4 heteroatoms. The first kappa shape index (κ1) is 19.4. The molecule has 2 aliphatic rings. The molecule has 4 aromatic rings. The number of hydrogen-bond donors (Lipinski definition) is 1. The normalized spacial score (nSPS) is 23.0. The average Bonchev–Trinajstić information content (AvgIpc) is 3.36. The molecule has 0 amide bonds. The van der Waals surface area contributed by atoms with Crippen molar-refractivity contribution in [2.75, 3.05) is 0 Å². The van der Waals surface area contributed by atoms with Gasteiger partial charge in [0, 0.05) is 17.1 Å². The number of rotatable bonds is 3. The predicted octanol–water partition coefficient (Wildman–Crippen LogP) is 5.82. The highest BCUT2D eigenvalue weighted by Gasteiger charge is 2.48. The van der Waals surface area contributed by atoms with E-state index >= 15 is 0 Å². The lowest BCUT2D eigenvalue weighted by atomic mass is 9.67. The summed E-state index contributed by atoms with van der Waals surface area (Å²) in [5.41, 5.74) is 7.98. The number of pyridine rings is 1. The molecular formula is C28H27N3O. The van der Waals surface area contributed by atoms with Gasteiger partial charge in [0.2, 0.25) is 0 Å². The Morgan fingerprint density at radius 3 is 2.75 bits per heavy atom. The first-order valence-electron chi connectivity index (χ1n) is 11.4. The standard InChI is InChI=1S/C28H27N3O/c1-18-8-11-22(12-9-18)31-25-15-21-10-13-24(28(21,2)16-20(25)17-30-31)27(32)23-7-3-5-19-6-4-14-29-26(19)23/h3-9,11-12,14-15,17,24,27,32H,10,13,16H2,1-2H3/t24-,27+,28+/m1/s1. The van der Waals surface area contributed by atoms with Crippen molar-refractivity contribution in [2.24, 2.45) is 11.3 Å². The van der Waals surface area contributed by atoms with E-state index in [0.717, 1.165) is 41.4 Å². The van der Waals surface area contributed by atoms with Crippen LogP contribution in [0.15, 0.2) is 72.6 Å². The number of nitrogens with zero attached hydrogens (tertiary/aromatic N) is 3. The summed E-state index contributed by atoms with van der Waals surface area (Å²) in [5, 5.41) is 17.4.